The van der Waals surface area contributed by atoms with Crippen molar-refractivity contribution in [2.24, 2.45) is 0 Å². The van der Waals surface area contributed by atoms with Crippen molar-refractivity contribution in [2.75, 3.05) is 11.9 Å². The van der Waals surface area contributed by atoms with E-state index in [0.717, 1.165) is 29.5 Å². The summed E-state index contributed by atoms with van der Waals surface area (Å²) < 4.78 is 5.45. The molecule has 1 heterocycles. The first-order chi connectivity index (χ1) is 16.9. The molecule has 4 amide bonds. The summed E-state index contributed by atoms with van der Waals surface area (Å²) in [5.74, 6) is 0.206. The lowest BCUT2D eigenvalue weighted by Crippen LogP contribution is -2.41. The van der Waals surface area contributed by atoms with E-state index in [1.807, 2.05) is 55.1 Å². The van der Waals surface area contributed by atoms with Gasteiger partial charge in [0, 0.05) is 23.8 Å². The van der Waals surface area contributed by atoms with E-state index in [4.69, 9.17) is 4.42 Å². The number of rotatable bonds is 9. The summed E-state index contributed by atoms with van der Waals surface area (Å²) in [6.45, 7) is 4.70. The van der Waals surface area contributed by atoms with Gasteiger partial charge < -0.3 is 15.1 Å². The van der Waals surface area contributed by atoms with Gasteiger partial charge in [0.05, 0.1) is 19.4 Å². The van der Waals surface area contributed by atoms with Crippen LogP contribution in [0.25, 0.3) is 0 Å². The fourth-order valence-corrected chi connectivity index (χ4v) is 3.78. The minimum absolute atomic E-state index is 0.00901. The van der Waals surface area contributed by atoms with Gasteiger partial charge >= 0.3 is 6.03 Å². The number of nitrogens with one attached hydrogen (secondary N) is 3. The molecule has 0 spiro atoms. The van der Waals surface area contributed by atoms with E-state index in [1.54, 1.807) is 24.5 Å². The molecule has 1 fully saturated rings. The molecule has 2 aromatic carbocycles. The minimum Gasteiger partial charge on any atom is -0.468 e. The summed E-state index contributed by atoms with van der Waals surface area (Å²) in [5.41, 5.74) is 4.21. The van der Waals surface area contributed by atoms with Crippen LogP contribution in [0.4, 0.5) is 10.5 Å². The van der Waals surface area contributed by atoms with Crippen molar-refractivity contribution in [1.82, 2.24) is 15.5 Å². The predicted molar refractivity (Wildman–Crippen MR) is 133 cm³/mol. The lowest BCUT2D eigenvalue weighted by molar-refractivity contribution is -0.121. The second kappa shape index (κ2) is 11.0. The van der Waals surface area contributed by atoms with Crippen LogP contribution in [0.3, 0.4) is 0 Å². The lowest BCUT2D eigenvalue weighted by atomic mass is 10.1. The van der Waals surface area contributed by atoms with Gasteiger partial charge in [-0.2, -0.15) is 0 Å². The minimum atomic E-state index is -0.578. The SMILES string of the molecule is Cc1ccc(NC(=O)NC(=O)CN(Cc2ccc(C(=O)NC3CC3)cc2)Cc2ccco2)c(C)c1. The number of benzene rings is 2. The Morgan fingerprint density at radius 1 is 1.00 bits per heavy atom. The van der Waals surface area contributed by atoms with Crippen LogP contribution in [0.5, 0.6) is 0 Å². The molecule has 1 aromatic heterocycles. The maximum absolute atomic E-state index is 12.7. The zero-order chi connectivity index (χ0) is 24.8. The topological polar surface area (TPSA) is 104 Å². The first kappa shape index (κ1) is 24.2. The van der Waals surface area contributed by atoms with Crippen LogP contribution in [0.15, 0.2) is 65.3 Å². The Labute approximate surface area is 204 Å². The number of aryl methyl sites for hydroxylation is 2. The Balaban J connectivity index is 1.36. The van der Waals surface area contributed by atoms with Gasteiger partial charge in [-0.25, -0.2) is 4.79 Å². The smallest absolute Gasteiger partial charge is 0.325 e. The van der Waals surface area contributed by atoms with E-state index in [2.05, 4.69) is 16.0 Å². The number of hydrogen-bond acceptors (Lipinski definition) is 5. The number of imide groups is 1. The average molecular weight is 475 g/mol. The lowest BCUT2D eigenvalue weighted by Gasteiger charge is -2.21. The summed E-state index contributed by atoms with van der Waals surface area (Å²) >= 11 is 0. The first-order valence-corrected chi connectivity index (χ1v) is 11.7. The van der Waals surface area contributed by atoms with Crippen LogP contribution >= 0.6 is 0 Å². The van der Waals surface area contributed by atoms with Crippen molar-refractivity contribution in [3.8, 4) is 0 Å². The number of carbonyl (C=O) groups excluding carboxylic acids is 3. The fraction of sp³-hybridized carbons (Fsp3) is 0.296. The van der Waals surface area contributed by atoms with Crippen LogP contribution in [0, 0.1) is 13.8 Å². The van der Waals surface area contributed by atoms with Crippen molar-refractivity contribution >= 4 is 23.5 Å². The third-order valence-electron chi connectivity index (χ3n) is 5.74. The molecule has 182 valence electrons. The molecule has 0 saturated heterocycles. The molecule has 1 aliphatic rings. The molecule has 0 unspecified atom stereocenters. The fourth-order valence-electron chi connectivity index (χ4n) is 3.78. The molecule has 3 N–H and O–H groups in total. The number of furan rings is 1. The summed E-state index contributed by atoms with van der Waals surface area (Å²) in [6.07, 6.45) is 3.66. The molecule has 35 heavy (non-hydrogen) atoms. The van der Waals surface area contributed by atoms with Gasteiger partial charge in [-0.3, -0.25) is 19.8 Å². The highest BCUT2D eigenvalue weighted by Crippen LogP contribution is 2.20. The van der Waals surface area contributed by atoms with E-state index >= 15 is 0 Å². The van der Waals surface area contributed by atoms with E-state index in [-0.39, 0.29) is 12.5 Å². The summed E-state index contributed by atoms with van der Waals surface area (Å²) in [5, 5.41) is 8.10. The molecule has 1 aliphatic carbocycles. The van der Waals surface area contributed by atoms with E-state index < -0.39 is 11.9 Å². The molecule has 8 nitrogen and oxygen atoms in total. The number of urea groups is 1. The number of hydrogen-bond donors (Lipinski definition) is 3. The van der Waals surface area contributed by atoms with Gasteiger partial charge in [0.2, 0.25) is 5.91 Å². The quantitative estimate of drug-likeness (QED) is 0.433. The maximum atomic E-state index is 12.7. The summed E-state index contributed by atoms with van der Waals surface area (Å²) in [6, 6.07) is 16.4. The second-order valence-corrected chi connectivity index (χ2v) is 8.99. The maximum Gasteiger partial charge on any atom is 0.325 e. The first-order valence-electron chi connectivity index (χ1n) is 11.7. The molecule has 1 saturated carbocycles. The highest BCUT2D eigenvalue weighted by molar-refractivity contribution is 6.02. The van der Waals surface area contributed by atoms with Crippen LogP contribution in [-0.2, 0) is 17.9 Å². The van der Waals surface area contributed by atoms with Crippen LogP contribution in [-0.4, -0.2) is 35.3 Å². The average Bonchev–Trinajstić information content (AvgIpc) is 3.47. The molecule has 0 bridgehead atoms. The Kier molecular flexibility index (Phi) is 7.62. The van der Waals surface area contributed by atoms with Crippen molar-refractivity contribution in [3.05, 3.63) is 88.9 Å². The number of amides is 4. The second-order valence-electron chi connectivity index (χ2n) is 8.99. The highest BCUT2D eigenvalue weighted by Gasteiger charge is 2.23. The number of anilines is 1. The monoisotopic (exact) mass is 474 g/mol. The molecule has 8 heteroatoms. The Morgan fingerprint density at radius 3 is 2.43 bits per heavy atom. The highest BCUT2D eigenvalue weighted by atomic mass is 16.3. The molecule has 0 aliphatic heterocycles. The van der Waals surface area contributed by atoms with Gasteiger partial charge in [-0.05, 0) is 68.1 Å². The van der Waals surface area contributed by atoms with Gasteiger partial charge in [0.25, 0.3) is 5.91 Å². The largest absolute Gasteiger partial charge is 0.468 e. The molecule has 4 rings (SSSR count). The third kappa shape index (κ3) is 7.28. The number of nitrogens with zero attached hydrogens (tertiary/aromatic N) is 1. The standard InChI is InChI=1S/C27H30N4O4/c1-18-5-12-24(19(2)14-18)29-27(34)30-25(32)17-31(16-23-4-3-13-35-23)15-20-6-8-21(9-7-20)26(33)28-22-10-11-22/h3-9,12-14,22H,10-11,15-17H2,1-2H3,(H,28,33)(H2,29,30,32,34). The van der Waals surface area contributed by atoms with Crippen LogP contribution in [0.2, 0.25) is 0 Å². The Morgan fingerprint density at radius 2 is 1.77 bits per heavy atom. The van der Waals surface area contributed by atoms with Gasteiger partial charge in [0.1, 0.15) is 5.76 Å². The number of carbonyl (C=O) groups is 3. The third-order valence-corrected chi connectivity index (χ3v) is 5.74. The van der Waals surface area contributed by atoms with Gasteiger partial charge in [0.15, 0.2) is 0 Å². The van der Waals surface area contributed by atoms with Crippen molar-refractivity contribution < 1.29 is 18.8 Å². The van der Waals surface area contributed by atoms with E-state index in [9.17, 15) is 14.4 Å². The Hall–Kier alpha value is -3.91. The predicted octanol–water partition coefficient (Wildman–Crippen LogP) is 4.14. The van der Waals surface area contributed by atoms with Crippen molar-refractivity contribution in [1.29, 1.82) is 0 Å². The summed E-state index contributed by atoms with van der Waals surface area (Å²) in [7, 11) is 0. The van der Waals surface area contributed by atoms with E-state index in [0.29, 0.717) is 36.1 Å². The molecular formula is C27H30N4O4. The normalized spacial score (nSPS) is 12.9. The molecule has 3 aromatic rings. The Bertz CT molecular complexity index is 1180. The zero-order valence-corrected chi connectivity index (χ0v) is 20.0. The van der Waals surface area contributed by atoms with E-state index in [1.165, 1.54) is 0 Å². The zero-order valence-electron chi connectivity index (χ0n) is 20.0. The van der Waals surface area contributed by atoms with Gasteiger partial charge in [-0.1, -0.05) is 29.8 Å². The van der Waals surface area contributed by atoms with Crippen molar-refractivity contribution in [2.45, 2.75) is 45.8 Å². The molecule has 0 radical (unpaired) electrons. The van der Waals surface area contributed by atoms with Crippen LogP contribution in [0.1, 0.15) is 45.7 Å². The van der Waals surface area contributed by atoms with Crippen LogP contribution < -0.4 is 16.0 Å². The molecular weight excluding hydrogens is 444 g/mol. The summed E-state index contributed by atoms with van der Waals surface area (Å²) in [4.78, 5) is 39.2. The molecule has 0 atom stereocenters. The van der Waals surface area contributed by atoms with Gasteiger partial charge in [-0.15, -0.1) is 0 Å². The van der Waals surface area contributed by atoms with Crippen molar-refractivity contribution in [3.63, 3.8) is 0 Å².